The first-order valence-electron chi connectivity index (χ1n) is 8.25. The Balaban J connectivity index is 2.54. The van der Waals surface area contributed by atoms with E-state index < -0.39 is 27.8 Å². The fraction of sp³-hybridized carbons (Fsp3) is 0.389. The van der Waals surface area contributed by atoms with Gasteiger partial charge in [0.2, 0.25) is 0 Å². The van der Waals surface area contributed by atoms with E-state index in [0.717, 1.165) is 17.8 Å². The van der Waals surface area contributed by atoms with Crippen LogP contribution in [0.25, 0.3) is 0 Å². The predicted octanol–water partition coefficient (Wildman–Crippen LogP) is 4.73. The van der Waals surface area contributed by atoms with Gasteiger partial charge in [-0.1, -0.05) is 29.4 Å². The first kappa shape index (κ1) is 23.3. The largest absolute Gasteiger partial charge is 0.598 e. The number of nitrogens with two attached hydrogens (primary N) is 1. The van der Waals surface area contributed by atoms with Gasteiger partial charge in [0.25, 0.3) is 0 Å². The molecule has 10 heteroatoms. The van der Waals surface area contributed by atoms with Gasteiger partial charge >= 0.3 is 6.18 Å². The minimum absolute atomic E-state index is 0.00179. The monoisotopic (exact) mass is 452 g/mol. The average molecular weight is 453 g/mol. The number of aromatic nitrogens is 1. The SMILES string of the molecule is CC(C)(CCc1c(C(F)(F)F)ccc(Cl)c1Sc1ncccc1CO)[S+](N)[O-]. The van der Waals surface area contributed by atoms with E-state index in [1.807, 2.05) is 0 Å². The Kier molecular flexibility index (Phi) is 7.69. The van der Waals surface area contributed by atoms with Gasteiger partial charge in [0.1, 0.15) is 9.77 Å². The van der Waals surface area contributed by atoms with Gasteiger partial charge in [-0.2, -0.15) is 18.3 Å². The van der Waals surface area contributed by atoms with Gasteiger partial charge in [-0.05, 0) is 44.0 Å². The van der Waals surface area contributed by atoms with E-state index in [1.165, 1.54) is 12.3 Å². The molecule has 3 N–H and O–H groups in total. The molecule has 0 spiro atoms. The van der Waals surface area contributed by atoms with Crippen LogP contribution in [0.5, 0.6) is 0 Å². The summed E-state index contributed by atoms with van der Waals surface area (Å²) < 4.78 is 51.7. The Morgan fingerprint density at radius 1 is 1.29 bits per heavy atom. The molecule has 1 aromatic carbocycles. The minimum Gasteiger partial charge on any atom is -0.598 e. The third-order valence-electron chi connectivity index (χ3n) is 4.26. The molecule has 2 aromatic rings. The van der Waals surface area contributed by atoms with Crippen LogP contribution in [0.1, 0.15) is 37.0 Å². The third-order valence-corrected chi connectivity index (χ3v) is 7.21. The van der Waals surface area contributed by atoms with Gasteiger partial charge in [-0.3, -0.25) is 0 Å². The van der Waals surface area contributed by atoms with Crippen molar-refractivity contribution in [3.8, 4) is 0 Å². The van der Waals surface area contributed by atoms with Gasteiger partial charge in [-0.25, -0.2) is 4.98 Å². The highest BCUT2D eigenvalue weighted by Crippen LogP contribution is 2.43. The van der Waals surface area contributed by atoms with Gasteiger partial charge in [0.05, 0.1) is 17.2 Å². The zero-order chi connectivity index (χ0) is 21.1. The molecule has 1 aromatic heterocycles. The molecule has 1 heterocycles. The zero-order valence-electron chi connectivity index (χ0n) is 15.2. The van der Waals surface area contributed by atoms with Crippen molar-refractivity contribution >= 4 is 34.7 Å². The molecule has 0 aliphatic carbocycles. The van der Waals surface area contributed by atoms with Crippen molar-refractivity contribution in [1.82, 2.24) is 4.98 Å². The summed E-state index contributed by atoms with van der Waals surface area (Å²) >= 11 is 5.52. The van der Waals surface area contributed by atoms with E-state index in [-0.39, 0.29) is 34.9 Å². The molecular formula is C18H20ClF3N2O2S2. The van der Waals surface area contributed by atoms with Crippen LogP contribution in [0.3, 0.4) is 0 Å². The van der Waals surface area contributed by atoms with E-state index in [1.54, 1.807) is 26.0 Å². The summed E-state index contributed by atoms with van der Waals surface area (Å²) in [7, 11) is 0. The van der Waals surface area contributed by atoms with Crippen LogP contribution in [0, 0.1) is 0 Å². The van der Waals surface area contributed by atoms with Crippen molar-refractivity contribution in [2.75, 3.05) is 0 Å². The van der Waals surface area contributed by atoms with Crippen LogP contribution in [0.4, 0.5) is 13.2 Å². The lowest BCUT2D eigenvalue weighted by Gasteiger charge is -2.26. The van der Waals surface area contributed by atoms with Crippen LogP contribution in [0.2, 0.25) is 5.02 Å². The van der Waals surface area contributed by atoms with Crippen molar-refractivity contribution < 1.29 is 22.8 Å². The molecule has 0 aliphatic heterocycles. The number of hydrogen-bond donors (Lipinski definition) is 2. The molecule has 0 amide bonds. The molecule has 0 aliphatic rings. The Labute approximate surface area is 174 Å². The third kappa shape index (κ3) is 5.55. The summed E-state index contributed by atoms with van der Waals surface area (Å²) in [5.74, 6) is 0. The van der Waals surface area contributed by atoms with Crippen LogP contribution in [-0.4, -0.2) is 19.4 Å². The Hall–Kier alpha value is -0.970. The summed E-state index contributed by atoms with van der Waals surface area (Å²) in [6.45, 7) is 2.97. The van der Waals surface area contributed by atoms with Crippen LogP contribution < -0.4 is 5.14 Å². The Morgan fingerprint density at radius 2 is 1.96 bits per heavy atom. The average Bonchev–Trinajstić information content (AvgIpc) is 2.61. The second-order valence-electron chi connectivity index (χ2n) is 6.69. The number of aliphatic hydroxyl groups excluding tert-OH is 1. The predicted molar refractivity (Wildman–Crippen MR) is 105 cm³/mol. The normalized spacial score (nSPS) is 13.6. The molecule has 1 atom stereocenters. The molecule has 1 unspecified atom stereocenters. The molecule has 2 rings (SSSR count). The van der Waals surface area contributed by atoms with Gasteiger partial charge in [0, 0.05) is 34.4 Å². The van der Waals surface area contributed by atoms with Gasteiger partial charge in [0.15, 0.2) is 0 Å². The second kappa shape index (κ2) is 9.23. The number of benzene rings is 1. The van der Waals surface area contributed by atoms with E-state index in [4.69, 9.17) is 16.7 Å². The number of halogens is 4. The lowest BCUT2D eigenvalue weighted by atomic mass is 9.97. The fourth-order valence-electron chi connectivity index (χ4n) is 2.48. The van der Waals surface area contributed by atoms with E-state index >= 15 is 0 Å². The van der Waals surface area contributed by atoms with Crippen LogP contribution in [-0.2, 0) is 30.6 Å². The maximum Gasteiger partial charge on any atom is 0.416 e. The van der Waals surface area contributed by atoms with Crippen molar-refractivity contribution in [2.24, 2.45) is 5.14 Å². The molecule has 0 bridgehead atoms. The lowest BCUT2D eigenvalue weighted by Crippen LogP contribution is -2.38. The summed E-state index contributed by atoms with van der Waals surface area (Å²) in [5, 5.41) is 15.5. The first-order chi connectivity index (χ1) is 13.0. The molecular weight excluding hydrogens is 433 g/mol. The summed E-state index contributed by atoms with van der Waals surface area (Å²) in [5.41, 5.74) is -0.326. The van der Waals surface area contributed by atoms with Crippen molar-refractivity contribution in [1.29, 1.82) is 0 Å². The number of nitrogens with zero attached hydrogens (tertiary/aromatic N) is 1. The van der Waals surface area contributed by atoms with E-state index in [0.29, 0.717) is 10.6 Å². The van der Waals surface area contributed by atoms with Gasteiger partial charge < -0.3 is 9.66 Å². The summed E-state index contributed by atoms with van der Waals surface area (Å²) in [4.78, 5) is 4.36. The molecule has 154 valence electrons. The van der Waals surface area contributed by atoms with Gasteiger partial charge in [-0.15, -0.1) is 0 Å². The molecule has 28 heavy (non-hydrogen) atoms. The maximum absolute atomic E-state index is 13.6. The Morgan fingerprint density at radius 3 is 2.54 bits per heavy atom. The topological polar surface area (TPSA) is 82.2 Å². The molecule has 0 fully saturated rings. The smallest absolute Gasteiger partial charge is 0.416 e. The zero-order valence-corrected chi connectivity index (χ0v) is 17.6. The molecule has 4 nitrogen and oxygen atoms in total. The Bertz CT molecular complexity index is 833. The van der Waals surface area contributed by atoms with Crippen molar-refractivity contribution in [3.63, 3.8) is 0 Å². The van der Waals surface area contributed by atoms with Crippen molar-refractivity contribution in [2.45, 2.75) is 54.1 Å². The van der Waals surface area contributed by atoms with Crippen LogP contribution in [0.15, 0.2) is 40.4 Å². The van der Waals surface area contributed by atoms with E-state index in [2.05, 4.69) is 4.98 Å². The first-order valence-corrected chi connectivity index (χ1v) is 10.7. The number of rotatable bonds is 7. The highest BCUT2D eigenvalue weighted by Gasteiger charge is 2.37. The van der Waals surface area contributed by atoms with Crippen molar-refractivity contribution in [3.05, 3.63) is 52.2 Å². The lowest BCUT2D eigenvalue weighted by molar-refractivity contribution is -0.138. The molecule has 0 radical (unpaired) electrons. The number of aliphatic hydroxyl groups is 1. The molecule has 0 saturated carbocycles. The van der Waals surface area contributed by atoms with Crippen LogP contribution >= 0.6 is 23.4 Å². The fourth-order valence-corrected chi connectivity index (χ4v) is 4.15. The quantitative estimate of drug-likeness (QED) is 0.593. The summed E-state index contributed by atoms with van der Waals surface area (Å²) in [6, 6.07) is 5.41. The maximum atomic E-state index is 13.6. The highest BCUT2D eigenvalue weighted by atomic mass is 35.5. The number of hydrogen-bond acceptors (Lipinski definition) is 5. The number of pyridine rings is 1. The highest BCUT2D eigenvalue weighted by molar-refractivity contribution is 7.99. The minimum atomic E-state index is -4.58. The standard InChI is InChI=1S/C18H20ClF3N2O2S2/c1-17(2,28(23)26)8-7-12-13(18(20,21)22)5-6-14(19)15(12)27-16-11(10-25)4-3-9-24-16/h3-6,9,25H,7-8,10,23H2,1-2H3. The number of alkyl halides is 3. The second-order valence-corrected chi connectivity index (χ2v) is 9.79. The molecule has 0 saturated heterocycles. The van der Waals surface area contributed by atoms with E-state index in [9.17, 15) is 22.8 Å². The summed E-state index contributed by atoms with van der Waals surface area (Å²) in [6.07, 6.45) is -2.94.